The third-order valence-electron chi connectivity index (χ3n) is 5.28. The number of likely N-dealkylation sites (tertiary alicyclic amines) is 1. The summed E-state index contributed by atoms with van der Waals surface area (Å²) in [5.41, 5.74) is 2.68. The first-order valence-electron chi connectivity index (χ1n) is 9.58. The zero-order chi connectivity index (χ0) is 17.5. The van der Waals surface area contributed by atoms with Crippen molar-refractivity contribution in [3.05, 3.63) is 35.4 Å². The molecule has 0 atom stereocenters. The van der Waals surface area contributed by atoms with Gasteiger partial charge in [0, 0.05) is 46.3 Å². The van der Waals surface area contributed by atoms with Gasteiger partial charge in [-0.05, 0) is 29.9 Å². The molecule has 2 aliphatic rings. The second-order valence-electron chi connectivity index (χ2n) is 7.28. The number of nitrogens with one attached hydrogen (secondary N) is 1. The van der Waals surface area contributed by atoms with Crippen molar-refractivity contribution >= 4 is 29.9 Å². The lowest BCUT2D eigenvalue weighted by Crippen LogP contribution is -2.45. The van der Waals surface area contributed by atoms with Crippen molar-refractivity contribution in [2.45, 2.75) is 32.9 Å². The van der Waals surface area contributed by atoms with Crippen LogP contribution in [0.4, 0.5) is 0 Å². The number of hydrogen-bond acceptors (Lipinski definition) is 3. The smallest absolute Gasteiger partial charge is 0.193 e. The van der Waals surface area contributed by atoms with E-state index in [0.717, 1.165) is 64.4 Å². The largest absolute Gasteiger partial charge is 0.379 e. The molecular formula is C20H33IN4O. The lowest BCUT2D eigenvalue weighted by atomic mass is 9.99. The summed E-state index contributed by atoms with van der Waals surface area (Å²) in [6.07, 6.45) is 2.52. The van der Waals surface area contributed by atoms with E-state index in [2.05, 4.69) is 51.3 Å². The van der Waals surface area contributed by atoms with Gasteiger partial charge in [0.2, 0.25) is 0 Å². The van der Waals surface area contributed by atoms with Gasteiger partial charge in [-0.3, -0.25) is 9.89 Å². The monoisotopic (exact) mass is 472 g/mol. The van der Waals surface area contributed by atoms with Crippen LogP contribution in [0.1, 0.15) is 30.9 Å². The van der Waals surface area contributed by atoms with E-state index in [1.165, 1.54) is 24.0 Å². The average Bonchev–Trinajstić information content (AvgIpc) is 2.66. The highest BCUT2D eigenvalue weighted by molar-refractivity contribution is 14.0. The number of rotatable bonds is 4. The van der Waals surface area contributed by atoms with E-state index in [9.17, 15) is 0 Å². The molecule has 146 valence electrons. The summed E-state index contributed by atoms with van der Waals surface area (Å²) in [5, 5.41) is 3.52. The predicted molar refractivity (Wildman–Crippen MR) is 118 cm³/mol. The number of benzene rings is 1. The summed E-state index contributed by atoms with van der Waals surface area (Å²) in [7, 11) is 1.88. The molecule has 26 heavy (non-hydrogen) atoms. The van der Waals surface area contributed by atoms with Crippen LogP contribution in [-0.2, 0) is 17.8 Å². The molecule has 0 aliphatic carbocycles. The van der Waals surface area contributed by atoms with Crippen LogP contribution in [0.25, 0.3) is 0 Å². The highest BCUT2D eigenvalue weighted by Gasteiger charge is 2.18. The molecule has 1 aromatic carbocycles. The van der Waals surface area contributed by atoms with Crippen LogP contribution >= 0.6 is 24.0 Å². The summed E-state index contributed by atoms with van der Waals surface area (Å²) in [4.78, 5) is 9.30. The van der Waals surface area contributed by atoms with Gasteiger partial charge in [0.25, 0.3) is 0 Å². The van der Waals surface area contributed by atoms with Crippen molar-refractivity contribution in [2.75, 3.05) is 46.4 Å². The van der Waals surface area contributed by atoms with E-state index < -0.39 is 0 Å². The lowest BCUT2D eigenvalue weighted by Gasteiger charge is -2.33. The molecule has 2 heterocycles. The molecule has 0 aromatic heterocycles. The standard InChI is InChI=1S/C20H32N4O.HI/c1-17-7-9-24(10-8-17)20(21-2)22-15-18-3-5-19(6-4-18)16-23-11-13-25-14-12-23;/h3-6,17H,7-16H2,1-2H3,(H,21,22);1H. The lowest BCUT2D eigenvalue weighted by molar-refractivity contribution is 0.0342. The molecule has 0 unspecified atom stereocenters. The fraction of sp³-hybridized carbons (Fsp3) is 0.650. The quantitative estimate of drug-likeness (QED) is 0.416. The molecule has 2 fully saturated rings. The Hall–Kier alpha value is -0.860. The number of hydrogen-bond donors (Lipinski definition) is 1. The number of guanidine groups is 1. The Morgan fingerprint density at radius 2 is 1.69 bits per heavy atom. The van der Waals surface area contributed by atoms with Crippen molar-refractivity contribution in [2.24, 2.45) is 10.9 Å². The third-order valence-corrected chi connectivity index (χ3v) is 5.28. The molecule has 2 saturated heterocycles. The second kappa shape index (κ2) is 11.1. The Morgan fingerprint density at radius 1 is 1.08 bits per heavy atom. The van der Waals surface area contributed by atoms with Gasteiger partial charge in [-0.2, -0.15) is 0 Å². The highest BCUT2D eigenvalue weighted by Crippen LogP contribution is 2.16. The zero-order valence-corrected chi connectivity index (χ0v) is 18.4. The van der Waals surface area contributed by atoms with Crippen molar-refractivity contribution in [3.8, 4) is 0 Å². The van der Waals surface area contributed by atoms with Gasteiger partial charge >= 0.3 is 0 Å². The van der Waals surface area contributed by atoms with Crippen molar-refractivity contribution in [3.63, 3.8) is 0 Å². The Bertz CT molecular complexity index is 549. The van der Waals surface area contributed by atoms with Crippen molar-refractivity contribution in [1.82, 2.24) is 15.1 Å². The van der Waals surface area contributed by atoms with Crippen LogP contribution in [0.5, 0.6) is 0 Å². The van der Waals surface area contributed by atoms with E-state index >= 15 is 0 Å². The first-order chi connectivity index (χ1) is 12.2. The van der Waals surface area contributed by atoms with Crippen LogP contribution in [0.15, 0.2) is 29.3 Å². The molecule has 0 radical (unpaired) electrons. The number of halogens is 1. The van der Waals surface area contributed by atoms with Gasteiger partial charge in [-0.1, -0.05) is 31.2 Å². The number of aliphatic imine (C=N–C) groups is 1. The van der Waals surface area contributed by atoms with Crippen LogP contribution in [0.3, 0.4) is 0 Å². The Balaban J connectivity index is 0.00000243. The maximum Gasteiger partial charge on any atom is 0.193 e. The molecule has 2 aliphatic heterocycles. The van der Waals surface area contributed by atoms with Gasteiger partial charge in [-0.25, -0.2) is 0 Å². The minimum atomic E-state index is 0. The summed E-state index contributed by atoms with van der Waals surface area (Å²) >= 11 is 0. The minimum Gasteiger partial charge on any atom is -0.379 e. The first-order valence-corrected chi connectivity index (χ1v) is 9.58. The summed E-state index contributed by atoms with van der Waals surface area (Å²) in [5.74, 6) is 1.87. The first kappa shape index (κ1) is 21.4. The minimum absolute atomic E-state index is 0. The molecule has 5 nitrogen and oxygen atoms in total. The van der Waals surface area contributed by atoms with E-state index in [4.69, 9.17) is 4.74 Å². The SMILES string of the molecule is CN=C(NCc1ccc(CN2CCOCC2)cc1)N1CCC(C)CC1.I. The highest BCUT2D eigenvalue weighted by atomic mass is 127. The number of nitrogens with zero attached hydrogens (tertiary/aromatic N) is 3. The van der Waals surface area contributed by atoms with Crippen molar-refractivity contribution in [1.29, 1.82) is 0 Å². The summed E-state index contributed by atoms with van der Waals surface area (Å²) in [6, 6.07) is 8.96. The molecule has 3 rings (SSSR count). The molecule has 0 bridgehead atoms. The Kier molecular flexibility index (Phi) is 9.15. The number of morpholine rings is 1. The van der Waals surface area contributed by atoms with E-state index in [1.807, 2.05) is 7.05 Å². The van der Waals surface area contributed by atoms with Crippen LogP contribution < -0.4 is 5.32 Å². The van der Waals surface area contributed by atoms with E-state index in [1.54, 1.807) is 0 Å². The Morgan fingerprint density at radius 3 is 2.31 bits per heavy atom. The van der Waals surface area contributed by atoms with E-state index in [-0.39, 0.29) is 24.0 Å². The molecule has 0 saturated carbocycles. The van der Waals surface area contributed by atoms with Gasteiger partial charge in [-0.15, -0.1) is 24.0 Å². The predicted octanol–water partition coefficient (Wildman–Crippen LogP) is 2.94. The zero-order valence-electron chi connectivity index (χ0n) is 16.1. The topological polar surface area (TPSA) is 40.1 Å². The molecule has 1 N–H and O–H groups in total. The average molecular weight is 472 g/mol. The summed E-state index contributed by atoms with van der Waals surface area (Å²) < 4.78 is 5.41. The number of piperidine rings is 1. The fourth-order valence-electron chi connectivity index (χ4n) is 3.51. The maximum absolute atomic E-state index is 5.41. The van der Waals surface area contributed by atoms with Gasteiger partial charge in [0.05, 0.1) is 13.2 Å². The molecule has 6 heteroatoms. The van der Waals surface area contributed by atoms with Gasteiger partial charge in [0.15, 0.2) is 5.96 Å². The Labute approximate surface area is 175 Å². The maximum atomic E-state index is 5.41. The van der Waals surface area contributed by atoms with Crippen LogP contribution in [0.2, 0.25) is 0 Å². The molecule has 1 aromatic rings. The molecule has 0 amide bonds. The second-order valence-corrected chi connectivity index (χ2v) is 7.28. The fourth-order valence-corrected chi connectivity index (χ4v) is 3.51. The third kappa shape index (κ3) is 6.39. The number of ether oxygens (including phenoxy) is 1. The van der Waals surface area contributed by atoms with Crippen LogP contribution in [0, 0.1) is 5.92 Å². The summed E-state index contributed by atoms with van der Waals surface area (Å²) in [6.45, 7) is 10.2. The van der Waals surface area contributed by atoms with Gasteiger partial charge in [0.1, 0.15) is 0 Å². The van der Waals surface area contributed by atoms with Crippen molar-refractivity contribution < 1.29 is 4.74 Å². The molecular weight excluding hydrogens is 439 g/mol. The van der Waals surface area contributed by atoms with Gasteiger partial charge < -0.3 is 15.0 Å². The van der Waals surface area contributed by atoms with Crippen LogP contribution in [-0.4, -0.2) is 62.2 Å². The normalized spacial score (nSPS) is 19.9. The molecule has 0 spiro atoms. The van der Waals surface area contributed by atoms with E-state index in [0.29, 0.717) is 0 Å².